The number of likely N-dealkylation sites (N-methyl/N-ethyl adjacent to an activating group) is 1. The Labute approximate surface area is 150 Å². The van der Waals surface area contributed by atoms with E-state index in [0.29, 0.717) is 0 Å². The van der Waals surface area contributed by atoms with Gasteiger partial charge in [0.15, 0.2) is 0 Å². The number of rotatable bonds is 5. The second kappa shape index (κ2) is 7.42. The van der Waals surface area contributed by atoms with Crippen LogP contribution in [0, 0.1) is 0 Å². The highest BCUT2D eigenvalue weighted by Crippen LogP contribution is 2.31. The third-order valence-electron chi connectivity index (χ3n) is 5.37. The van der Waals surface area contributed by atoms with Crippen molar-refractivity contribution in [1.29, 1.82) is 0 Å². The Morgan fingerprint density at radius 3 is 2.40 bits per heavy atom. The van der Waals surface area contributed by atoms with Gasteiger partial charge in [0, 0.05) is 42.8 Å². The highest BCUT2D eigenvalue weighted by molar-refractivity contribution is 5.90. The molecule has 0 radical (unpaired) electrons. The SMILES string of the molecule is CN1CCN(CCCc2c(-c3ccccc3)[nH]c3ccccc23)CC1. The zero-order chi connectivity index (χ0) is 17.1. The molecule has 0 atom stereocenters. The third kappa shape index (κ3) is 3.63. The predicted molar refractivity (Wildman–Crippen MR) is 106 cm³/mol. The molecule has 25 heavy (non-hydrogen) atoms. The molecule has 0 unspecified atom stereocenters. The van der Waals surface area contributed by atoms with Gasteiger partial charge in [0.25, 0.3) is 0 Å². The molecule has 1 aromatic heterocycles. The summed E-state index contributed by atoms with van der Waals surface area (Å²) in [5, 5.41) is 1.37. The summed E-state index contributed by atoms with van der Waals surface area (Å²) >= 11 is 0. The Morgan fingerprint density at radius 2 is 1.60 bits per heavy atom. The van der Waals surface area contributed by atoms with E-state index in [4.69, 9.17) is 0 Å². The number of hydrogen-bond acceptors (Lipinski definition) is 2. The molecule has 130 valence electrons. The molecule has 2 aromatic carbocycles. The summed E-state index contributed by atoms with van der Waals surface area (Å²) in [5.41, 5.74) is 5.29. The average Bonchev–Trinajstić information content (AvgIpc) is 3.03. The lowest BCUT2D eigenvalue weighted by atomic mass is 10.0. The minimum Gasteiger partial charge on any atom is -0.354 e. The molecule has 0 saturated carbocycles. The van der Waals surface area contributed by atoms with Gasteiger partial charge in [-0.1, -0.05) is 48.5 Å². The van der Waals surface area contributed by atoms with Crippen molar-refractivity contribution >= 4 is 10.9 Å². The average molecular weight is 333 g/mol. The van der Waals surface area contributed by atoms with Crippen LogP contribution in [0.2, 0.25) is 0 Å². The lowest BCUT2D eigenvalue weighted by Crippen LogP contribution is -2.44. The number of nitrogens with zero attached hydrogens (tertiary/aromatic N) is 2. The van der Waals surface area contributed by atoms with Crippen molar-refractivity contribution in [3.63, 3.8) is 0 Å². The molecule has 0 bridgehead atoms. The van der Waals surface area contributed by atoms with E-state index in [0.717, 1.165) is 6.42 Å². The molecule has 3 aromatic rings. The molecule has 1 aliphatic heterocycles. The first kappa shape index (κ1) is 16.4. The van der Waals surface area contributed by atoms with E-state index >= 15 is 0 Å². The lowest BCUT2D eigenvalue weighted by molar-refractivity contribution is 0.153. The van der Waals surface area contributed by atoms with Gasteiger partial charge in [0.1, 0.15) is 0 Å². The second-order valence-corrected chi connectivity index (χ2v) is 7.14. The molecule has 0 spiro atoms. The summed E-state index contributed by atoms with van der Waals surface area (Å²) in [7, 11) is 2.22. The summed E-state index contributed by atoms with van der Waals surface area (Å²) in [6.45, 7) is 6.00. The zero-order valence-electron chi connectivity index (χ0n) is 15.0. The number of benzene rings is 2. The molecule has 3 heteroatoms. The van der Waals surface area contributed by atoms with Crippen LogP contribution in [-0.2, 0) is 6.42 Å². The topological polar surface area (TPSA) is 22.3 Å². The summed E-state index contributed by atoms with van der Waals surface area (Å²) in [5.74, 6) is 0. The Hall–Kier alpha value is -2.10. The van der Waals surface area contributed by atoms with Gasteiger partial charge in [-0.25, -0.2) is 0 Å². The van der Waals surface area contributed by atoms with Crippen molar-refractivity contribution in [3.05, 3.63) is 60.2 Å². The van der Waals surface area contributed by atoms with Crippen LogP contribution in [0.4, 0.5) is 0 Å². The highest BCUT2D eigenvalue weighted by Gasteiger charge is 2.15. The fourth-order valence-electron chi connectivity index (χ4n) is 3.86. The number of para-hydroxylation sites is 1. The van der Waals surface area contributed by atoms with Crippen LogP contribution >= 0.6 is 0 Å². The Balaban J connectivity index is 1.53. The highest BCUT2D eigenvalue weighted by atomic mass is 15.2. The van der Waals surface area contributed by atoms with Gasteiger partial charge in [0.2, 0.25) is 0 Å². The molecule has 4 rings (SSSR count). The number of H-pyrrole nitrogens is 1. The van der Waals surface area contributed by atoms with Crippen molar-refractivity contribution in [2.75, 3.05) is 39.8 Å². The molecule has 1 saturated heterocycles. The Morgan fingerprint density at radius 1 is 0.880 bits per heavy atom. The molecular weight excluding hydrogens is 306 g/mol. The van der Waals surface area contributed by atoms with E-state index in [1.165, 1.54) is 66.9 Å². The lowest BCUT2D eigenvalue weighted by Gasteiger charge is -2.32. The molecule has 1 aliphatic rings. The van der Waals surface area contributed by atoms with Gasteiger partial charge in [-0.3, -0.25) is 0 Å². The molecule has 0 aliphatic carbocycles. The summed E-state index contributed by atoms with van der Waals surface area (Å²) in [6, 6.07) is 19.4. The maximum Gasteiger partial charge on any atom is 0.0497 e. The minimum absolute atomic E-state index is 1.13. The third-order valence-corrected chi connectivity index (χ3v) is 5.37. The van der Waals surface area contributed by atoms with E-state index in [-0.39, 0.29) is 0 Å². The maximum absolute atomic E-state index is 3.65. The van der Waals surface area contributed by atoms with Crippen LogP contribution in [0.3, 0.4) is 0 Å². The van der Waals surface area contributed by atoms with E-state index in [1.807, 2.05) is 0 Å². The fraction of sp³-hybridized carbons (Fsp3) is 0.364. The van der Waals surface area contributed by atoms with Crippen molar-refractivity contribution in [2.45, 2.75) is 12.8 Å². The van der Waals surface area contributed by atoms with Gasteiger partial charge in [-0.2, -0.15) is 0 Å². The first-order chi connectivity index (χ1) is 12.3. The van der Waals surface area contributed by atoms with Crippen LogP contribution in [0.1, 0.15) is 12.0 Å². The maximum atomic E-state index is 3.65. The largest absolute Gasteiger partial charge is 0.354 e. The predicted octanol–water partition coefficient (Wildman–Crippen LogP) is 4.01. The van der Waals surface area contributed by atoms with Crippen molar-refractivity contribution in [3.8, 4) is 11.3 Å². The van der Waals surface area contributed by atoms with E-state index in [9.17, 15) is 0 Å². The smallest absolute Gasteiger partial charge is 0.0497 e. The van der Waals surface area contributed by atoms with Crippen LogP contribution < -0.4 is 0 Å². The van der Waals surface area contributed by atoms with Crippen LogP contribution in [-0.4, -0.2) is 54.6 Å². The van der Waals surface area contributed by atoms with Gasteiger partial charge in [-0.05, 0) is 43.6 Å². The number of nitrogens with one attached hydrogen (secondary N) is 1. The first-order valence-electron chi connectivity index (χ1n) is 9.37. The fourth-order valence-corrected chi connectivity index (χ4v) is 3.86. The quantitative estimate of drug-likeness (QED) is 0.762. The van der Waals surface area contributed by atoms with Gasteiger partial charge < -0.3 is 14.8 Å². The van der Waals surface area contributed by atoms with Gasteiger partial charge >= 0.3 is 0 Å². The van der Waals surface area contributed by atoms with E-state index in [2.05, 4.69) is 76.4 Å². The molecular formula is C22H27N3. The molecule has 0 amide bonds. The Kier molecular flexibility index (Phi) is 4.86. The minimum atomic E-state index is 1.13. The number of aryl methyl sites for hydroxylation is 1. The standard InChI is InChI=1S/C22H27N3/c1-24-14-16-25(17-15-24)13-7-11-20-19-10-5-6-12-21(19)23-22(20)18-8-3-2-4-9-18/h2-6,8-10,12,23H,7,11,13-17H2,1H3. The number of piperazine rings is 1. The molecule has 3 nitrogen and oxygen atoms in total. The van der Waals surface area contributed by atoms with Gasteiger partial charge in [-0.15, -0.1) is 0 Å². The first-order valence-corrected chi connectivity index (χ1v) is 9.37. The number of fused-ring (bicyclic) bond motifs is 1. The monoisotopic (exact) mass is 333 g/mol. The van der Waals surface area contributed by atoms with E-state index < -0.39 is 0 Å². The summed E-state index contributed by atoms with van der Waals surface area (Å²) in [4.78, 5) is 8.68. The van der Waals surface area contributed by atoms with Crippen LogP contribution in [0.25, 0.3) is 22.2 Å². The van der Waals surface area contributed by atoms with E-state index in [1.54, 1.807) is 0 Å². The van der Waals surface area contributed by atoms with Crippen molar-refractivity contribution < 1.29 is 0 Å². The van der Waals surface area contributed by atoms with Crippen molar-refractivity contribution in [2.24, 2.45) is 0 Å². The van der Waals surface area contributed by atoms with Gasteiger partial charge in [0.05, 0.1) is 0 Å². The molecule has 1 N–H and O–H groups in total. The van der Waals surface area contributed by atoms with Crippen LogP contribution in [0.15, 0.2) is 54.6 Å². The number of aromatic nitrogens is 1. The molecule has 2 heterocycles. The molecule has 1 fully saturated rings. The second-order valence-electron chi connectivity index (χ2n) is 7.14. The van der Waals surface area contributed by atoms with Crippen molar-refractivity contribution in [1.82, 2.24) is 14.8 Å². The van der Waals surface area contributed by atoms with Crippen LogP contribution in [0.5, 0.6) is 0 Å². The number of hydrogen-bond donors (Lipinski definition) is 1. The summed E-state index contributed by atoms with van der Waals surface area (Å²) in [6.07, 6.45) is 2.34. The number of aromatic amines is 1. The normalized spacial score (nSPS) is 16.5. The zero-order valence-corrected chi connectivity index (χ0v) is 15.0. The Bertz CT molecular complexity index is 814. The summed E-state index contributed by atoms with van der Waals surface area (Å²) < 4.78 is 0.